The van der Waals surface area contributed by atoms with Gasteiger partial charge in [0.15, 0.2) is 24.6 Å². The molecule has 2 fully saturated rings. The van der Waals surface area contributed by atoms with E-state index in [1.807, 2.05) is 0 Å². The molecule has 1 heterocycles. The summed E-state index contributed by atoms with van der Waals surface area (Å²) in [5.41, 5.74) is 8.50. The first-order valence-corrected chi connectivity index (χ1v) is 11.5. The minimum Gasteiger partial charge on any atom is -0.463 e. The highest BCUT2D eigenvalue weighted by atomic mass is 16.7. The van der Waals surface area contributed by atoms with E-state index in [4.69, 9.17) is 34.0 Å². The van der Waals surface area contributed by atoms with Gasteiger partial charge >= 0.3 is 23.9 Å². The molecule has 196 valence electrons. The van der Waals surface area contributed by atoms with E-state index >= 15 is 0 Å². The Morgan fingerprint density at radius 1 is 0.800 bits per heavy atom. The Labute approximate surface area is 203 Å². The molecule has 0 amide bonds. The van der Waals surface area contributed by atoms with Crippen LogP contribution in [-0.2, 0) is 47.6 Å². The summed E-state index contributed by atoms with van der Waals surface area (Å²) in [7, 11) is 0. The lowest BCUT2D eigenvalue weighted by molar-refractivity contribution is -0.310. The molecular weight excluding hydrogens is 466 g/mol. The second-order valence-electron chi connectivity index (χ2n) is 8.70. The number of hydrogen-bond acceptors (Lipinski definition) is 11. The molecule has 0 unspecified atom stereocenters. The molecule has 0 spiro atoms. The van der Waals surface area contributed by atoms with Gasteiger partial charge in [-0.3, -0.25) is 19.2 Å². The molecule has 2 aliphatic rings. The van der Waals surface area contributed by atoms with Crippen LogP contribution in [-0.4, -0.2) is 74.3 Å². The van der Waals surface area contributed by atoms with Crippen LogP contribution in [0.3, 0.4) is 0 Å². The fourth-order valence-electron chi connectivity index (χ4n) is 4.29. The average Bonchev–Trinajstić information content (AvgIpc) is 2.78. The zero-order chi connectivity index (χ0) is 26.0. The van der Waals surface area contributed by atoms with Crippen LogP contribution in [0.1, 0.15) is 53.4 Å². The standard InChI is InChI=1S/C22H33N3O10/c1-12(26)30-11-18-19(32-13(2)27)20(33-14(3)28)21(34-15(4)29)22(35-18)31-10-17-7-5-16(6-8-17)9-24-25-23/h16-22H,5-11H2,1-4H3/t16?,17?,18-,19+,20+,21-,22-/m1/s1. The molecule has 0 bridgehead atoms. The van der Waals surface area contributed by atoms with Crippen molar-refractivity contribution in [2.75, 3.05) is 19.8 Å². The molecule has 0 aromatic heterocycles. The third kappa shape index (κ3) is 9.35. The van der Waals surface area contributed by atoms with Crippen molar-refractivity contribution in [1.29, 1.82) is 0 Å². The molecule has 35 heavy (non-hydrogen) atoms. The number of nitrogens with zero attached hydrogens (tertiary/aromatic N) is 3. The van der Waals surface area contributed by atoms with Gasteiger partial charge in [0.05, 0.1) is 6.61 Å². The largest absolute Gasteiger partial charge is 0.463 e. The van der Waals surface area contributed by atoms with Gasteiger partial charge in [-0.25, -0.2) is 0 Å². The van der Waals surface area contributed by atoms with Crippen molar-refractivity contribution < 1.29 is 47.6 Å². The summed E-state index contributed by atoms with van der Waals surface area (Å²) in [6.45, 7) is 5.14. The van der Waals surface area contributed by atoms with E-state index in [1.165, 1.54) is 13.8 Å². The van der Waals surface area contributed by atoms with Crippen LogP contribution in [0.5, 0.6) is 0 Å². The molecule has 0 N–H and O–H groups in total. The van der Waals surface area contributed by atoms with Gasteiger partial charge in [0, 0.05) is 39.2 Å². The topological polar surface area (TPSA) is 172 Å². The van der Waals surface area contributed by atoms with Gasteiger partial charge in [-0.05, 0) is 43.1 Å². The maximum Gasteiger partial charge on any atom is 0.303 e. The smallest absolute Gasteiger partial charge is 0.303 e. The Balaban J connectivity index is 2.19. The first kappa shape index (κ1) is 28.3. The Morgan fingerprint density at radius 2 is 1.34 bits per heavy atom. The van der Waals surface area contributed by atoms with Gasteiger partial charge in [0.25, 0.3) is 0 Å². The zero-order valence-corrected chi connectivity index (χ0v) is 20.4. The van der Waals surface area contributed by atoms with Gasteiger partial charge in [-0.15, -0.1) is 0 Å². The lowest BCUT2D eigenvalue weighted by Gasteiger charge is -2.44. The van der Waals surface area contributed by atoms with Crippen LogP contribution in [0.25, 0.3) is 10.4 Å². The highest BCUT2D eigenvalue weighted by Gasteiger charge is 2.52. The summed E-state index contributed by atoms with van der Waals surface area (Å²) >= 11 is 0. The Kier molecular flexibility index (Phi) is 11.2. The van der Waals surface area contributed by atoms with Crippen molar-refractivity contribution in [2.45, 2.75) is 84.1 Å². The molecule has 13 nitrogen and oxygen atoms in total. The van der Waals surface area contributed by atoms with E-state index in [-0.39, 0.29) is 19.1 Å². The van der Waals surface area contributed by atoms with Crippen molar-refractivity contribution in [2.24, 2.45) is 17.0 Å². The van der Waals surface area contributed by atoms with E-state index in [0.29, 0.717) is 12.5 Å². The van der Waals surface area contributed by atoms with E-state index in [2.05, 4.69) is 10.0 Å². The maximum atomic E-state index is 11.9. The highest BCUT2D eigenvalue weighted by Crippen LogP contribution is 2.33. The summed E-state index contributed by atoms with van der Waals surface area (Å²) in [4.78, 5) is 49.7. The molecule has 0 aromatic rings. The van der Waals surface area contributed by atoms with Gasteiger partial charge in [0.1, 0.15) is 12.7 Å². The van der Waals surface area contributed by atoms with Crippen LogP contribution in [0, 0.1) is 11.8 Å². The zero-order valence-electron chi connectivity index (χ0n) is 20.4. The van der Waals surface area contributed by atoms with Gasteiger partial charge < -0.3 is 28.4 Å². The molecule has 5 atom stereocenters. The minimum atomic E-state index is -1.25. The number of azide groups is 1. The molecule has 13 heteroatoms. The van der Waals surface area contributed by atoms with Crippen molar-refractivity contribution in [3.63, 3.8) is 0 Å². The summed E-state index contributed by atoms with van der Waals surface area (Å²) in [5, 5.41) is 3.64. The van der Waals surface area contributed by atoms with Gasteiger partial charge in [-0.1, -0.05) is 5.11 Å². The average molecular weight is 500 g/mol. The van der Waals surface area contributed by atoms with Crippen molar-refractivity contribution in [1.82, 2.24) is 0 Å². The molecule has 1 saturated carbocycles. The first-order chi connectivity index (χ1) is 16.6. The molecular formula is C22H33N3O10. The highest BCUT2D eigenvalue weighted by molar-refractivity contribution is 5.68. The van der Waals surface area contributed by atoms with Crippen LogP contribution < -0.4 is 0 Å². The SMILES string of the molecule is CC(=O)OC[C@H]1O[C@@H](OCC2CCC(CN=[N+]=[N-])CC2)[C@H](OC(C)=O)[C@@H](OC(C)=O)[C@H]1OC(C)=O. The first-order valence-electron chi connectivity index (χ1n) is 11.5. The fourth-order valence-corrected chi connectivity index (χ4v) is 4.29. The van der Waals surface area contributed by atoms with Crippen molar-refractivity contribution in [3.05, 3.63) is 10.4 Å². The van der Waals surface area contributed by atoms with Crippen LogP contribution >= 0.6 is 0 Å². The third-order valence-electron chi connectivity index (χ3n) is 5.81. The van der Waals surface area contributed by atoms with E-state index in [1.54, 1.807) is 0 Å². The van der Waals surface area contributed by atoms with E-state index in [0.717, 1.165) is 39.5 Å². The molecule has 1 aliphatic heterocycles. The van der Waals surface area contributed by atoms with Crippen LogP contribution in [0.15, 0.2) is 5.11 Å². The van der Waals surface area contributed by atoms with Gasteiger partial charge in [0.2, 0.25) is 0 Å². The summed E-state index contributed by atoms with van der Waals surface area (Å²) in [6, 6.07) is 0. The number of esters is 4. The number of carbonyl (C=O) groups is 4. The third-order valence-corrected chi connectivity index (χ3v) is 5.81. The Morgan fingerprint density at radius 3 is 1.89 bits per heavy atom. The molecule has 0 aromatic carbocycles. The van der Waals surface area contributed by atoms with Gasteiger partial charge in [-0.2, -0.15) is 0 Å². The molecule has 2 rings (SSSR count). The normalized spacial score (nSPS) is 30.3. The predicted molar refractivity (Wildman–Crippen MR) is 117 cm³/mol. The summed E-state index contributed by atoms with van der Waals surface area (Å²) in [6.07, 6.45) is -2.45. The molecule has 1 saturated heterocycles. The summed E-state index contributed by atoms with van der Waals surface area (Å²) in [5.74, 6) is -2.15. The lowest BCUT2D eigenvalue weighted by atomic mass is 9.82. The number of rotatable bonds is 10. The van der Waals surface area contributed by atoms with Crippen LogP contribution in [0.2, 0.25) is 0 Å². The second kappa shape index (κ2) is 13.9. The number of carbonyl (C=O) groups excluding carboxylic acids is 4. The minimum absolute atomic E-state index is 0.184. The fraction of sp³-hybridized carbons (Fsp3) is 0.818. The number of ether oxygens (including phenoxy) is 6. The molecule has 0 radical (unpaired) electrons. The lowest BCUT2D eigenvalue weighted by Crippen LogP contribution is -2.63. The quantitative estimate of drug-likeness (QED) is 0.142. The maximum absolute atomic E-state index is 11.9. The second-order valence-corrected chi connectivity index (χ2v) is 8.70. The number of hydrogen-bond donors (Lipinski definition) is 0. The molecule has 1 aliphatic carbocycles. The van der Waals surface area contributed by atoms with Crippen molar-refractivity contribution >= 4 is 23.9 Å². The van der Waals surface area contributed by atoms with E-state index in [9.17, 15) is 19.2 Å². The van der Waals surface area contributed by atoms with Crippen molar-refractivity contribution in [3.8, 4) is 0 Å². The Hall–Kier alpha value is -2.89. The summed E-state index contributed by atoms with van der Waals surface area (Å²) < 4.78 is 33.1. The Bertz CT molecular complexity index is 807. The predicted octanol–water partition coefficient (Wildman–Crippen LogP) is 2.20. The van der Waals surface area contributed by atoms with Crippen LogP contribution in [0.4, 0.5) is 0 Å². The van der Waals surface area contributed by atoms with E-state index < -0.39 is 54.6 Å². The monoisotopic (exact) mass is 499 g/mol.